The summed E-state index contributed by atoms with van der Waals surface area (Å²) in [5, 5.41) is 4.78. The molecule has 2 nitrogen and oxygen atoms in total. The number of rotatable bonds is 3. The Labute approximate surface area is 132 Å². The van der Waals surface area contributed by atoms with Crippen LogP contribution in [0, 0.1) is 20.8 Å². The van der Waals surface area contributed by atoms with Crippen LogP contribution in [0.5, 0.6) is 0 Å². The van der Waals surface area contributed by atoms with Crippen molar-refractivity contribution in [3.05, 3.63) is 70.9 Å². The van der Waals surface area contributed by atoms with Crippen LogP contribution in [-0.2, 0) is 0 Å². The van der Waals surface area contributed by atoms with Crippen LogP contribution < -0.4 is 5.32 Å². The van der Waals surface area contributed by atoms with Gasteiger partial charge in [0.2, 0.25) is 0 Å². The molecule has 1 unspecified atom stereocenters. The molecule has 2 aromatic carbocycles. The highest BCUT2D eigenvalue weighted by atomic mass is 14.9. The van der Waals surface area contributed by atoms with Crippen molar-refractivity contribution in [2.75, 3.05) is 5.32 Å². The van der Waals surface area contributed by atoms with Crippen molar-refractivity contribution in [1.82, 2.24) is 4.98 Å². The first-order valence-corrected chi connectivity index (χ1v) is 7.74. The fourth-order valence-corrected chi connectivity index (χ4v) is 2.86. The third-order valence-electron chi connectivity index (χ3n) is 4.51. The molecule has 0 saturated carbocycles. The lowest BCUT2D eigenvalue weighted by Gasteiger charge is -2.17. The lowest BCUT2D eigenvalue weighted by molar-refractivity contribution is 0.884. The zero-order valence-electron chi connectivity index (χ0n) is 13.6. The van der Waals surface area contributed by atoms with Crippen LogP contribution in [0.25, 0.3) is 10.9 Å². The van der Waals surface area contributed by atoms with Gasteiger partial charge in [-0.1, -0.05) is 30.3 Å². The minimum atomic E-state index is 0.257. The van der Waals surface area contributed by atoms with Crippen molar-refractivity contribution in [1.29, 1.82) is 0 Å². The maximum absolute atomic E-state index is 4.63. The highest BCUT2D eigenvalue weighted by Gasteiger charge is 2.08. The lowest BCUT2D eigenvalue weighted by Crippen LogP contribution is -2.06. The molecule has 0 fully saturated rings. The number of aromatic nitrogens is 1. The Bertz CT molecular complexity index is 807. The van der Waals surface area contributed by atoms with Crippen LogP contribution >= 0.6 is 0 Å². The Morgan fingerprint density at radius 1 is 0.955 bits per heavy atom. The van der Waals surface area contributed by atoms with E-state index >= 15 is 0 Å². The molecule has 0 aliphatic carbocycles. The van der Waals surface area contributed by atoms with Gasteiger partial charge in [-0.3, -0.25) is 4.98 Å². The molecule has 0 radical (unpaired) electrons. The summed E-state index contributed by atoms with van der Waals surface area (Å²) in [6.45, 7) is 8.67. The van der Waals surface area contributed by atoms with Gasteiger partial charge in [-0.25, -0.2) is 0 Å². The second-order valence-electron chi connectivity index (χ2n) is 6.01. The van der Waals surface area contributed by atoms with Crippen LogP contribution in [0.1, 0.15) is 35.2 Å². The van der Waals surface area contributed by atoms with E-state index < -0.39 is 0 Å². The summed E-state index contributed by atoms with van der Waals surface area (Å²) in [4.78, 5) is 4.63. The average Bonchev–Trinajstić information content (AvgIpc) is 2.54. The second kappa shape index (κ2) is 5.80. The molecule has 1 atom stereocenters. The molecule has 3 aromatic rings. The molecule has 22 heavy (non-hydrogen) atoms. The number of nitrogens with zero attached hydrogens (tertiary/aromatic N) is 1. The predicted molar refractivity (Wildman–Crippen MR) is 94.4 cm³/mol. The van der Waals surface area contributed by atoms with Gasteiger partial charge in [-0.15, -0.1) is 0 Å². The van der Waals surface area contributed by atoms with E-state index in [9.17, 15) is 0 Å². The number of hydrogen-bond acceptors (Lipinski definition) is 2. The van der Waals surface area contributed by atoms with Crippen molar-refractivity contribution in [3.8, 4) is 0 Å². The summed E-state index contributed by atoms with van der Waals surface area (Å²) < 4.78 is 0. The normalized spacial score (nSPS) is 12.4. The van der Waals surface area contributed by atoms with E-state index in [-0.39, 0.29) is 6.04 Å². The predicted octanol–water partition coefficient (Wildman–Crippen LogP) is 5.33. The largest absolute Gasteiger partial charge is 0.377 e. The topological polar surface area (TPSA) is 24.9 Å². The van der Waals surface area contributed by atoms with Crippen LogP contribution in [0.15, 0.2) is 48.7 Å². The van der Waals surface area contributed by atoms with E-state index in [1.54, 1.807) is 0 Å². The summed E-state index contributed by atoms with van der Waals surface area (Å²) in [5.41, 5.74) is 7.38. The Hall–Kier alpha value is -2.35. The Morgan fingerprint density at radius 2 is 1.68 bits per heavy atom. The number of hydrogen-bond donors (Lipinski definition) is 1. The van der Waals surface area contributed by atoms with E-state index in [4.69, 9.17) is 0 Å². The van der Waals surface area contributed by atoms with Crippen LogP contribution in [0.2, 0.25) is 0 Å². The molecule has 2 heteroatoms. The summed E-state index contributed by atoms with van der Waals surface area (Å²) in [6.07, 6.45) is 1.93. The van der Waals surface area contributed by atoms with E-state index in [0.29, 0.717) is 0 Å². The highest BCUT2D eigenvalue weighted by Crippen LogP contribution is 2.27. The smallest absolute Gasteiger partial charge is 0.0709 e. The Balaban J connectivity index is 1.95. The molecule has 112 valence electrons. The van der Waals surface area contributed by atoms with Crippen molar-refractivity contribution in [3.63, 3.8) is 0 Å². The first-order valence-electron chi connectivity index (χ1n) is 7.74. The molecular formula is C20H22N2. The molecular weight excluding hydrogens is 268 g/mol. The molecule has 1 N–H and O–H groups in total. The zero-order valence-corrected chi connectivity index (χ0v) is 13.6. The van der Waals surface area contributed by atoms with E-state index in [1.165, 1.54) is 27.6 Å². The lowest BCUT2D eigenvalue weighted by atomic mass is 9.99. The summed E-state index contributed by atoms with van der Waals surface area (Å²) in [5.74, 6) is 0. The molecule has 0 spiro atoms. The van der Waals surface area contributed by atoms with Gasteiger partial charge in [-0.2, -0.15) is 0 Å². The van der Waals surface area contributed by atoms with Crippen molar-refractivity contribution in [2.24, 2.45) is 0 Å². The van der Waals surface area contributed by atoms with Gasteiger partial charge >= 0.3 is 0 Å². The summed E-state index contributed by atoms with van der Waals surface area (Å²) in [7, 11) is 0. The standard InChI is InChI=1S/C20H22N2/c1-13-10-20-19(15(3)14(13)2)11-18(12-21-20)22-16(4)17-8-6-5-7-9-17/h5-12,16,22H,1-4H3. The van der Waals surface area contributed by atoms with Crippen LogP contribution in [0.4, 0.5) is 5.69 Å². The quantitative estimate of drug-likeness (QED) is 0.705. The third-order valence-corrected chi connectivity index (χ3v) is 4.51. The van der Waals surface area contributed by atoms with E-state index in [0.717, 1.165) is 11.2 Å². The summed E-state index contributed by atoms with van der Waals surface area (Å²) >= 11 is 0. The molecule has 1 aromatic heterocycles. The first kappa shape index (κ1) is 14.6. The number of anilines is 1. The number of pyridine rings is 1. The number of nitrogens with one attached hydrogen (secondary N) is 1. The fourth-order valence-electron chi connectivity index (χ4n) is 2.86. The van der Waals surface area contributed by atoms with Gasteiger partial charge in [0.05, 0.1) is 17.4 Å². The number of aryl methyl sites for hydroxylation is 2. The van der Waals surface area contributed by atoms with Crippen LogP contribution in [-0.4, -0.2) is 4.98 Å². The minimum absolute atomic E-state index is 0.257. The monoisotopic (exact) mass is 290 g/mol. The molecule has 0 saturated heterocycles. The van der Waals surface area contributed by atoms with E-state index in [2.05, 4.69) is 74.4 Å². The van der Waals surface area contributed by atoms with Crippen molar-refractivity contribution < 1.29 is 0 Å². The van der Waals surface area contributed by atoms with E-state index in [1.807, 2.05) is 12.3 Å². The maximum Gasteiger partial charge on any atom is 0.0709 e. The van der Waals surface area contributed by atoms with Gasteiger partial charge < -0.3 is 5.32 Å². The molecule has 3 rings (SSSR count). The first-order chi connectivity index (χ1) is 10.6. The van der Waals surface area contributed by atoms with Gasteiger partial charge in [0.1, 0.15) is 0 Å². The number of benzene rings is 2. The average molecular weight is 290 g/mol. The van der Waals surface area contributed by atoms with Gasteiger partial charge in [0, 0.05) is 11.4 Å². The Kier molecular flexibility index (Phi) is 3.84. The summed E-state index contributed by atoms with van der Waals surface area (Å²) in [6, 6.07) is 15.1. The zero-order chi connectivity index (χ0) is 15.7. The SMILES string of the molecule is Cc1cc2ncc(NC(C)c3ccccc3)cc2c(C)c1C. The molecule has 0 bridgehead atoms. The highest BCUT2D eigenvalue weighted by molar-refractivity contribution is 5.86. The third kappa shape index (κ3) is 2.69. The van der Waals surface area contributed by atoms with Crippen molar-refractivity contribution >= 4 is 16.6 Å². The Morgan fingerprint density at radius 3 is 2.41 bits per heavy atom. The van der Waals surface area contributed by atoms with Gasteiger partial charge in [-0.05, 0) is 62.1 Å². The molecule has 0 aliphatic rings. The van der Waals surface area contributed by atoms with Gasteiger partial charge in [0.25, 0.3) is 0 Å². The second-order valence-corrected chi connectivity index (χ2v) is 6.01. The van der Waals surface area contributed by atoms with Crippen LogP contribution in [0.3, 0.4) is 0 Å². The minimum Gasteiger partial charge on any atom is -0.377 e. The molecule has 0 aliphatic heterocycles. The maximum atomic E-state index is 4.63. The van der Waals surface area contributed by atoms with Gasteiger partial charge in [0.15, 0.2) is 0 Å². The molecule has 0 amide bonds. The fraction of sp³-hybridized carbons (Fsp3) is 0.250. The molecule has 1 heterocycles. The number of fused-ring (bicyclic) bond motifs is 1. The van der Waals surface area contributed by atoms with Crippen molar-refractivity contribution in [2.45, 2.75) is 33.7 Å².